The quantitative estimate of drug-likeness (QED) is 0.411. The molecule has 32 valence electrons. The van der Waals surface area contributed by atoms with Crippen LogP contribution in [0.15, 0.2) is 0 Å². The Morgan fingerprint density at radius 2 is 2.50 bits per heavy atom. The van der Waals surface area contributed by atoms with Gasteiger partial charge in [0.2, 0.25) is 0 Å². The minimum atomic E-state index is -0.947. The summed E-state index contributed by atoms with van der Waals surface area (Å²) in [6, 6.07) is 0. The molecule has 0 unspecified atom stereocenters. The lowest BCUT2D eigenvalue weighted by atomic mass is 10.4. The van der Waals surface area contributed by atoms with Gasteiger partial charge in [-0.2, -0.15) is 0 Å². The van der Waals surface area contributed by atoms with E-state index in [1.54, 1.807) is 0 Å². The summed E-state index contributed by atoms with van der Waals surface area (Å²) < 4.78 is 0. The highest BCUT2D eigenvalue weighted by Crippen LogP contribution is 1.50. The summed E-state index contributed by atoms with van der Waals surface area (Å²) in [5.74, 6) is -0.947. The van der Waals surface area contributed by atoms with Gasteiger partial charge in [0.05, 0.1) is 6.54 Å². The highest BCUT2D eigenvalue weighted by Gasteiger charge is 1.85. The van der Waals surface area contributed by atoms with Crippen molar-refractivity contribution < 1.29 is 9.90 Å². The second-order valence-corrected chi connectivity index (χ2v) is 0.775. The summed E-state index contributed by atoms with van der Waals surface area (Å²) >= 11 is 0. The molecule has 0 saturated carbocycles. The van der Waals surface area contributed by atoms with Crippen molar-refractivity contribution >= 4 is 14.0 Å². The molecular weight excluding hydrogens is 80.8 g/mol. The van der Waals surface area contributed by atoms with Crippen LogP contribution in [0.25, 0.3) is 0 Å². The van der Waals surface area contributed by atoms with E-state index in [0.29, 0.717) is 0 Å². The third-order valence-corrected chi connectivity index (χ3v) is 0.253. The van der Waals surface area contributed by atoms with Gasteiger partial charge in [-0.3, -0.25) is 4.79 Å². The van der Waals surface area contributed by atoms with E-state index in [-0.39, 0.29) is 6.54 Å². The summed E-state index contributed by atoms with van der Waals surface area (Å²) in [5, 5.41) is 9.74. The second kappa shape index (κ2) is 2.72. The van der Waals surface area contributed by atoms with Gasteiger partial charge in [0.15, 0.2) is 7.98 Å². The number of carboxylic acid groups (broad SMARTS) is 1. The van der Waals surface area contributed by atoms with Crippen LogP contribution in [0.1, 0.15) is 0 Å². The molecule has 0 aliphatic heterocycles. The molecule has 0 aliphatic carbocycles. The summed E-state index contributed by atoms with van der Waals surface area (Å²) in [5.41, 5.74) is 0. The third-order valence-electron chi connectivity index (χ3n) is 0.253. The standard InChI is InChI=1S/C2H4BNO2/c3-4-1-2(5)6/h4H,1H2,(H,5,6). The molecule has 0 bridgehead atoms. The van der Waals surface area contributed by atoms with E-state index in [1.165, 1.54) is 0 Å². The van der Waals surface area contributed by atoms with E-state index in [9.17, 15) is 4.79 Å². The first-order chi connectivity index (χ1) is 2.77. The van der Waals surface area contributed by atoms with Crippen LogP contribution < -0.4 is 5.23 Å². The summed E-state index contributed by atoms with van der Waals surface area (Å²) in [4.78, 5) is 9.46. The number of nitrogens with one attached hydrogen (secondary N) is 1. The Morgan fingerprint density at radius 1 is 2.00 bits per heavy atom. The van der Waals surface area contributed by atoms with Gasteiger partial charge >= 0.3 is 5.97 Å². The third kappa shape index (κ3) is 3.49. The minimum Gasteiger partial charge on any atom is -0.480 e. The molecule has 0 atom stereocenters. The molecule has 0 heterocycles. The number of rotatable bonds is 2. The summed E-state index contributed by atoms with van der Waals surface area (Å²) in [6.45, 7) is -0.181. The zero-order chi connectivity index (χ0) is 4.99. The maximum absolute atomic E-state index is 9.46. The Morgan fingerprint density at radius 3 is 2.50 bits per heavy atom. The van der Waals surface area contributed by atoms with Gasteiger partial charge in [-0.15, -0.1) is 0 Å². The van der Waals surface area contributed by atoms with Gasteiger partial charge in [-0.1, -0.05) is 0 Å². The largest absolute Gasteiger partial charge is 0.480 e. The lowest BCUT2D eigenvalue weighted by Gasteiger charge is -1.84. The Balaban J connectivity index is 2.83. The molecule has 0 spiro atoms. The highest BCUT2D eigenvalue weighted by atomic mass is 16.4. The molecule has 2 radical (unpaired) electrons. The number of carbonyl (C=O) groups is 1. The van der Waals surface area contributed by atoms with Crippen LogP contribution in [0.4, 0.5) is 0 Å². The predicted octanol–water partition coefficient (Wildman–Crippen LogP) is -1.26. The van der Waals surface area contributed by atoms with Gasteiger partial charge in [0.1, 0.15) is 0 Å². The van der Waals surface area contributed by atoms with Crippen molar-refractivity contribution in [2.24, 2.45) is 0 Å². The topological polar surface area (TPSA) is 49.3 Å². The van der Waals surface area contributed by atoms with Crippen LogP contribution in [-0.2, 0) is 4.79 Å². The molecule has 6 heavy (non-hydrogen) atoms. The smallest absolute Gasteiger partial charge is 0.316 e. The van der Waals surface area contributed by atoms with E-state index >= 15 is 0 Å². The van der Waals surface area contributed by atoms with E-state index in [4.69, 9.17) is 5.11 Å². The highest BCUT2D eigenvalue weighted by molar-refractivity contribution is 6.05. The van der Waals surface area contributed by atoms with Crippen molar-refractivity contribution in [1.29, 1.82) is 0 Å². The Hall–Kier alpha value is -0.505. The zero-order valence-electron chi connectivity index (χ0n) is 3.14. The predicted molar refractivity (Wildman–Crippen MR) is 21.4 cm³/mol. The average Bonchev–Trinajstić information content (AvgIpc) is 1.35. The molecule has 0 aromatic rings. The van der Waals surface area contributed by atoms with E-state index in [0.717, 1.165) is 0 Å². The molecule has 4 heteroatoms. The molecule has 0 aromatic heterocycles. The first-order valence-electron chi connectivity index (χ1n) is 1.42. The average molecular weight is 84.9 g/mol. The first kappa shape index (κ1) is 5.49. The summed E-state index contributed by atoms with van der Waals surface area (Å²) in [6.07, 6.45) is 0. The fourth-order valence-electron chi connectivity index (χ4n) is 0.0873. The molecule has 0 rings (SSSR count). The molecular formula is C2H4BNO2. The molecule has 0 fully saturated rings. The van der Waals surface area contributed by atoms with Crippen molar-refractivity contribution in [2.45, 2.75) is 0 Å². The van der Waals surface area contributed by atoms with Crippen molar-refractivity contribution in [3.63, 3.8) is 0 Å². The monoisotopic (exact) mass is 85.0 g/mol. The van der Waals surface area contributed by atoms with Crippen LogP contribution in [0, 0.1) is 0 Å². The minimum absolute atomic E-state index is 0.181. The Bertz CT molecular complexity index is 55.5. The van der Waals surface area contributed by atoms with E-state index in [2.05, 4.69) is 7.98 Å². The fraction of sp³-hybridized carbons (Fsp3) is 0.500. The fourth-order valence-corrected chi connectivity index (χ4v) is 0.0873. The second-order valence-electron chi connectivity index (χ2n) is 0.775. The van der Waals surface area contributed by atoms with Crippen LogP contribution in [0.5, 0.6) is 0 Å². The van der Waals surface area contributed by atoms with Gasteiger partial charge in [0.25, 0.3) is 0 Å². The molecule has 0 amide bonds. The van der Waals surface area contributed by atoms with Gasteiger partial charge < -0.3 is 10.3 Å². The lowest BCUT2D eigenvalue weighted by molar-refractivity contribution is -0.135. The lowest BCUT2D eigenvalue weighted by Crippen LogP contribution is -2.18. The van der Waals surface area contributed by atoms with Crippen molar-refractivity contribution in [3.05, 3.63) is 0 Å². The van der Waals surface area contributed by atoms with E-state index in [1.807, 2.05) is 5.23 Å². The van der Waals surface area contributed by atoms with Gasteiger partial charge in [-0.25, -0.2) is 0 Å². The van der Waals surface area contributed by atoms with E-state index < -0.39 is 5.97 Å². The van der Waals surface area contributed by atoms with Crippen LogP contribution in [-0.4, -0.2) is 25.6 Å². The first-order valence-corrected chi connectivity index (χ1v) is 1.42. The van der Waals surface area contributed by atoms with Crippen molar-refractivity contribution in [1.82, 2.24) is 5.23 Å². The molecule has 0 aliphatic rings. The molecule has 3 nitrogen and oxygen atoms in total. The Labute approximate surface area is 36.8 Å². The normalized spacial score (nSPS) is 8.00. The van der Waals surface area contributed by atoms with Crippen LogP contribution >= 0.6 is 0 Å². The number of hydrogen-bond acceptors (Lipinski definition) is 2. The molecule has 2 N–H and O–H groups in total. The zero-order valence-corrected chi connectivity index (χ0v) is 3.14. The number of carboxylic acids is 1. The molecule has 0 saturated heterocycles. The SMILES string of the molecule is [B]NCC(=O)O. The van der Waals surface area contributed by atoms with Crippen molar-refractivity contribution in [2.75, 3.05) is 6.54 Å². The van der Waals surface area contributed by atoms with Gasteiger partial charge in [-0.05, 0) is 0 Å². The van der Waals surface area contributed by atoms with Gasteiger partial charge in [0, 0.05) is 0 Å². The number of aliphatic carboxylic acids is 1. The maximum atomic E-state index is 9.46. The Kier molecular flexibility index (Phi) is 2.49. The summed E-state index contributed by atoms with van der Waals surface area (Å²) in [7, 11) is 4.60. The number of hydrogen-bond donors (Lipinski definition) is 2. The van der Waals surface area contributed by atoms with Crippen molar-refractivity contribution in [3.8, 4) is 0 Å². The van der Waals surface area contributed by atoms with Crippen LogP contribution in [0.2, 0.25) is 0 Å². The van der Waals surface area contributed by atoms with Crippen LogP contribution in [0.3, 0.4) is 0 Å². The maximum Gasteiger partial charge on any atom is 0.316 e. The molecule has 0 aromatic carbocycles.